The summed E-state index contributed by atoms with van der Waals surface area (Å²) in [4.78, 5) is 36.6. The molecule has 3 N–H and O–H groups in total. The van der Waals surface area contributed by atoms with E-state index in [0.29, 0.717) is 24.5 Å². The standard InChI is InChI=1S/C21H21F3N4O4/c22-21(23,24)15-6-7-16(17(12-15)28(31)32)27-10-8-14(9-11-27)20(30)26-18(19(25)29)13-4-2-1-3-5-13/h1-7,12,14,18H,8-11H2,(H2,25,29)(H,26,30)/t18-/m0/s1. The smallest absolute Gasteiger partial charge is 0.368 e. The molecule has 0 saturated carbocycles. The number of carbonyl (C=O) groups excluding carboxylic acids is 2. The topological polar surface area (TPSA) is 119 Å². The number of carbonyl (C=O) groups is 2. The summed E-state index contributed by atoms with van der Waals surface area (Å²) >= 11 is 0. The summed E-state index contributed by atoms with van der Waals surface area (Å²) in [6.07, 6.45) is -4.07. The Labute approximate surface area is 181 Å². The van der Waals surface area contributed by atoms with Crippen molar-refractivity contribution in [3.05, 3.63) is 69.8 Å². The first-order valence-corrected chi connectivity index (χ1v) is 9.83. The van der Waals surface area contributed by atoms with E-state index in [9.17, 15) is 32.9 Å². The fourth-order valence-electron chi connectivity index (χ4n) is 3.72. The molecular formula is C21H21F3N4O4. The summed E-state index contributed by atoms with van der Waals surface area (Å²) in [7, 11) is 0. The Morgan fingerprint density at radius 1 is 1.12 bits per heavy atom. The van der Waals surface area contributed by atoms with Crippen LogP contribution in [0.1, 0.15) is 30.0 Å². The lowest BCUT2D eigenvalue weighted by molar-refractivity contribution is -0.384. The van der Waals surface area contributed by atoms with E-state index >= 15 is 0 Å². The summed E-state index contributed by atoms with van der Waals surface area (Å²) in [6.45, 7) is 0.466. The quantitative estimate of drug-likeness (QED) is 0.518. The molecule has 1 heterocycles. The summed E-state index contributed by atoms with van der Waals surface area (Å²) in [5, 5.41) is 14.0. The monoisotopic (exact) mass is 450 g/mol. The third-order valence-electron chi connectivity index (χ3n) is 5.41. The second-order valence-electron chi connectivity index (χ2n) is 7.47. The minimum absolute atomic E-state index is 0.0705. The van der Waals surface area contributed by atoms with Crippen LogP contribution in [-0.4, -0.2) is 29.8 Å². The summed E-state index contributed by atoms with van der Waals surface area (Å²) < 4.78 is 38.7. The van der Waals surface area contributed by atoms with Gasteiger partial charge in [0.2, 0.25) is 11.8 Å². The van der Waals surface area contributed by atoms with Crippen molar-refractivity contribution in [2.45, 2.75) is 25.1 Å². The van der Waals surface area contributed by atoms with Crippen molar-refractivity contribution in [3.8, 4) is 0 Å². The minimum atomic E-state index is -4.69. The molecule has 3 rings (SSSR count). The molecule has 32 heavy (non-hydrogen) atoms. The van der Waals surface area contributed by atoms with Crippen molar-refractivity contribution in [2.75, 3.05) is 18.0 Å². The van der Waals surface area contributed by atoms with E-state index in [1.807, 2.05) is 0 Å². The van der Waals surface area contributed by atoms with Gasteiger partial charge in [0.1, 0.15) is 11.7 Å². The SMILES string of the molecule is NC(=O)[C@@H](NC(=O)C1CCN(c2ccc(C(F)(F)F)cc2[N+](=O)[O-])CC1)c1ccccc1. The second kappa shape index (κ2) is 9.25. The Hall–Kier alpha value is -3.63. The number of piperidine rings is 1. The van der Waals surface area contributed by atoms with Crippen molar-refractivity contribution < 1.29 is 27.7 Å². The number of alkyl halides is 3. The first-order valence-electron chi connectivity index (χ1n) is 9.83. The van der Waals surface area contributed by atoms with E-state index in [-0.39, 0.29) is 24.7 Å². The third-order valence-corrected chi connectivity index (χ3v) is 5.41. The van der Waals surface area contributed by atoms with E-state index in [0.717, 1.165) is 12.1 Å². The number of hydrogen-bond acceptors (Lipinski definition) is 5. The largest absolute Gasteiger partial charge is 0.416 e. The lowest BCUT2D eigenvalue weighted by atomic mass is 9.94. The Balaban J connectivity index is 1.69. The fraction of sp³-hybridized carbons (Fsp3) is 0.333. The van der Waals surface area contributed by atoms with Gasteiger partial charge in [-0.25, -0.2) is 0 Å². The van der Waals surface area contributed by atoms with Crippen LogP contribution in [0.5, 0.6) is 0 Å². The molecule has 0 unspecified atom stereocenters. The van der Waals surface area contributed by atoms with Gasteiger partial charge in [0.15, 0.2) is 0 Å². The minimum Gasteiger partial charge on any atom is -0.368 e. The molecule has 11 heteroatoms. The number of halogens is 3. The molecule has 2 aromatic carbocycles. The first-order chi connectivity index (χ1) is 15.1. The second-order valence-corrected chi connectivity index (χ2v) is 7.47. The van der Waals surface area contributed by atoms with Gasteiger partial charge in [0.05, 0.1) is 10.5 Å². The summed E-state index contributed by atoms with van der Waals surface area (Å²) in [5.74, 6) is -1.55. The van der Waals surface area contributed by atoms with Crippen LogP contribution < -0.4 is 16.0 Å². The van der Waals surface area contributed by atoms with Crippen molar-refractivity contribution in [2.24, 2.45) is 11.7 Å². The molecule has 0 spiro atoms. The number of amides is 2. The van der Waals surface area contributed by atoms with Crippen LogP contribution in [0.2, 0.25) is 0 Å². The molecule has 0 aliphatic carbocycles. The highest BCUT2D eigenvalue weighted by atomic mass is 19.4. The number of nitro benzene ring substituents is 1. The number of nitrogens with zero attached hydrogens (tertiary/aromatic N) is 2. The number of rotatable bonds is 6. The number of hydrogen-bond donors (Lipinski definition) is 2. The molecule has 0 bridgehead atoms. The number of nitrogens with two attached hydrogens (primary N) is 1. The van der Waals surface area contributed by atoms with Gasteiger partial charge in [-0.15, -0.1) is 0 Å². The van der Waals surface area contributed by atoms with E-state index < -0.39 is 40.2 Å². The normalized spacial score (nSPS) is 15.8. The maximum atomic E-state index is 12.9. The Kier molecular flexibility index (Phi) is 6.66. The van der Waals surface area contributed by atoms with Gasteiger partial charge < -0.3 is 16.0 Å². The average molecular weight is 450 g/mol. The van der Waals surface area contributed by atoms with E-state index in [1.54, 1.807) is 35.2 Å². The first kappa shape index (κ1) is 23.0. The highest BCUT2D eigenvalue weighted by Crippen LogP contribution is 2.37. The van der Waals surface area contributed by atoms with Crippen LogP contribution in [0.3, 0.4) is 0 Å². The molecule has 1 saturated heterocycles. The van der Waals surface area contributed by atoms with Crippen LogP contribution in [0.4, 0.5) is 24.5 Å². The Morgan fingerprint density at radius 2 is 1.75 bits per heavy atom. The number of primary amides is 1. The third kappa shape index (κ3) is 5.16. The molecule has 1 atom stereocenters. The molecule has 1 aliphatic rings. The molecule has 0 aromatic heterocycles. The predicted molar refractivity (Wildman–Crippen MR) is 110 cm³/mol. The van der Waals surface area contributed by atoms with Crippen LogP contribution in [0, 0.1) is 16.0 Å². The molecule has 1 aliphatic heterocycles. The van der Waals surface area contributed by atoms with Crippen molar-refractivity contribution in [1.29, 1.82) is 0 Å². The van der Waals surface area contributed by atoms with Crippen molar-refractivity contribution >= 4 is 23.2 Å². The molecule has 2 aromatic rings. The summed E-state index contributed by atoms with van der Waals surface area (Å²) in [5.41, 5.74) is 4.31. The van der Waals surface area contributed by atoms with Crippen molar-refractivity contribution in [1.82, 2.24) is 5.32 Å². The maximum absolute atomic E-state index is 12.9. The Bertz CT molecular complexity index is 1010. The number of nitrogens with one attached hydrogen (secondary N) is 1. The van der Waals surface area contributed by atoms with Crippen LogP contribution in [0.15, 0.2) is 48.5 Å². The van der Waals surface area contributed by atoms with E-state index in [1.165, 1.54) is 0 Å². The zero-order valence-electron chi connectivity index (χ0n) is 16.8. The van der Waals surface area contributed by atoms with E-state index in [2.05, 4.69) is 5.32 Å². The van der Waals surface area contributed by atoms with Gasteiger partial charge in [-0.1, -0.05) is 30.3 Å². The maximum Gasteiger partial charge on any atom is 0.416 e. The van der Waals surface area contributed by atoms with Gasteiger partial charge in [0, 0.05) is 25.1 Å². The molecule has 8 nitrogen and oxygen atoms in total. The highest BCUT2D eigenvalue weighted by molar-refractivity contribution is 5.88. The molecule has 170 valence electrons. The van der Waals surface area contributed by atoms with Crippen LogP contribution in [-0.2, 0) is 15.8 Å². The lowest BCUT2D eigenvalue weighted by Crippen LogP contribution is -2.44. The predicted octanol–water partition coefficient (Wildman–Crippen LogP) is 3.17. The van der Waals surface area contributed by atoms with Gasteiger partial charge in [-0.2, -0.15) is 13.2 Å². The van der Waals surface area contributed by atoms with Crippen molar-refractivity contribution in [3.63, 3.8) is 0 Å². The van der Waals surface area contributed by atoms with Gasteiger partial charge in [-0.05, 0) is 30.5 Å². The van der Waals surface area contributed by atoms with Crippen LogP contribution in [0.25, 0.3) is 0 Å². The van der Waals surface area contributed by atoms with E-state index in [4.69, 9.17) is 5.73 Å². The molecule has 0 radical (unpaired) electrons. The number of nitro groups is 1. The number of benzene rings is 2. The molecular weight excluding hydrogens is 429 g/mol. The fourth-order valence-corrected chi connectivity index (χ4v) is 3.72. The van der Waals surface area contributed by atoms with Gasteiger partial charge in [0.25, 0.3) is 5.69 Å². The van der Waals surface area contributed by atoms with Gasteiger partial charge >= 0.3 is 6.18 Å². The number of anilines is 1. The molecule has 1 fully saturated rings. The van der Waals surface area contributed by atoms with Gasteiger partial charge in [-0.3, -0.25) is 19.7 Å². The van der Waals surface area contributed by atoms with Crippen LogP contribution >= 0.6 is 0 Å². The lowest BCUT2D eigenvalue weighted by Gasteiger charge is -2.33. The average Bonchev–Trinajstić information content (AvgIpc) is 2.76. The Morgan fingerprint density at radius 3 is 2.28 bits per heavy atom. The molecule has 2 amide bonds. The highest BCUT2D eigenvalue weighted by Gasteiger charge is 2.35. The zero-order chi connectivity index (χ0) is 23.5. The zero-order valence-corrected chi connectivity index (χ0v) is 16.8. The summed E-state index contributed by atoms with van der Waals surface area (Å²) in [6, 6.07) is 9.95.